The molecule has 2 N–H and O–H groups in total. The van der Waals surface area contributed by atoms with Crippen LogP contribution in [-0.4, -0.2) is 43.3 Å². The van der Waals surface area contributed by atoms with Crippen molar-refractivity contribution in [2.75, 3.05) is 24.2 Å². The summed E-state index contributed by atoms with van der Waals surface area (Å²) in [5, 5.41) is 10.9. The lowest BCUT2D eigenvalue weighted by atomic mass is 9.74. The summed E-state index contributed by atoms with van der Waals surface area (Å²) in [7, 11) is -3.41. The van der Waals surface area contributed by atoms with Crippen LogP contribution in [0.4, 0.5) is 11.5 Å². The number of hydrogen-bond acceptors (Lipinski definition) is 5. The van der Waals surface area contributed by atoms with Gasteiger partial charge in [-0.2, -0.15) is 5.10 Å². The van der Waals surface area contributed by atoms with Gasteiger partial charge in [0.15, 0.2) is 15.7 Å². The highest BCUT2D eigenvalue weighted by atomic mass is 35.5. The second-order valence-corrected chi connectivity index (χ2v) is 10.7. The molecule has 1 atom stereocenters. The van der Waals surface area contributed by atoms with Gasteiger partial charge >= 0.3 is 0 Å². The number of sulfone groups is 1. The lowest BCUT2D eigenvalue weighted by Crippen LogP contribution is -2.52. The predicted molar refractivity (Wildman–Crippen MR) is 120 cm³/mol. The van der Waals surface area contributed by atoms with Gasteiger partial charge in [0.25, 0.3) is 0 Å². The molecule has 2 aliphatic rings. The first kappa shape index (κ1) is 19.6. The number of rotatable bonds is 3. The molecule has 1 aromatic heterocycles. The van der Waals surface area contributed by atoms with E-state index in [9.17, 15) is 8.42 Å². The monoisotopic (exact) mass is 442 g/mol. The third-order valence-corrected chi connectivity index (χ3v) is 7.96. The van der Waals surface area contributed by atoms with Gasteiger partial charge in [-0.25, -0.2) is 8.42 Å². The Bertz CT molecular complexity index is 1200. The average molecular weight is 443 g/mol. The van der Waals surface area contributed by atoms with Crippen LogP contribution >= 0.6 is 11.6 Å². The zero-order chi connectivity index (χ0) is 20.9. The van der Waals surface area contributed by atoms with E-state index in [-0.39, 0.29) is 0 Å². The Morgan fingerprint density at radius 3 is 2.60 bits per heavy atom. The molecule has 3 aromatic rings. The number of hydrogen-bond donors (Lipinski definition) is 2. The van der Waals surface area contributed by atoms with Gasteiger partial charge in [-0.05, 0) is 49.7 Å². The molecule has 3 heterocycles. The summed E-state index contributed by atoms with van der Waals surface area (Å²) in [6, 6.07) is 17.4. The molecule has 1 fully saturated rings. The van der Waals surface area contributed by atoms with E-state index in [4.69, 9.17) is 11.6 Å². The van der Waals surface area contributed by atoms with Crippen LogP contribution in [0.1, 0.15) is 18.4 Å². The second kappa shape index (κ2) is 7.11. The van der Waals surface area contributed by atoms with Crippen molar-refractivity contribution >= 4 is 32.9 Å². The number of nitrogens with zero attached hydrogens (tertiary/aromatic N) is 2. The highest BCUT2D eigenvalue weighted by Crippen LogP contribution is 2.54. The summed E-state index contributed by atoms with van der Waals surface area (Å²) < 4.78 is 26.3. The van der Waals surface area contributed by atoms with Crippen molar-refractivity contribution in [2.24, 2.45) is 0 Å². The highest BCUT2D eigenvalue weighted by molar-refractivity contribution is 7.91. The molecule has 0 bridgehead atoms. The van der Waals surface area contributed by atoms with Crippen LogP contribution < -0.4 is 10.2 Å². The SMILES string of the molecule is CS(=O)(=O)C1N(c2cc(-c3cccc(Cl)c3)[nH]n2)c2ccccc2C12CCNCC2. The Morgan fingerprint density at radius 1 is 1.10 bits per heavy atom. The lowest BCUT2D eigenvalue weighted by molar-refractivity contribution is 0.308. The van der Waals surface area contributed by atoms with Crippen LogP contribution in [0.3, 0.4) is 0 Å². The zero-order valence-corrected chi connectivity index (χ0v) is 18.2. The van der Waals surface area contributed by atoms with Crippen LogP contribution in [0, 0.1) is 0 Å². The minimum atomic E-state index is -3.41. The third kappa shape index (κ3) is 3.04. The Hall–Kier alpha value is -2.35. The quantitative estimate of drug-likeness (QED) is 0.643. The van der Waals surface area contributed by atoms with E-state index < -0.39 is 20.6 Å². The van der Waals surface area contributed by atoms with Gasteiger partial charge < -0.3 is 10.2 Å². The van der Waals surface area contributed by atoms with E-state index in [0.29, 0.717) is 10.8 Å². The van der Waals surface area contributed by atoms with Crippen molar-refractivity contribution in [1.29, 1.82) is 0 Å². The first-order valence-electron chi connectivity index (χ1n) is 10.00. The van der Waals surface area contributed by atoms with Crippen molar-refractivity contribution in [3.63, 3.8) is 0 Å². The van der Waals surface area contributed by atoms with Crippen LogP contribution in [-0.2, 0) is 15.3 Å². The molecule has 8 heteroatoms. The molecule has 1 spiro atoms. The van der Waals surface area contributed by atoms with E-state index >= 15 is 0 Å². The molecule has 30 heavy (non-hydrogen) atoms. The van der Waals surface area contributed by atoms with Gasteiger partial charge in [0.2, 0.25) is 0 Å². The normalized spacial score (nSPS) is 20.5. The molecular weight excluding hydrogens is 420 g/mol. The number of fused-ring (bicyclic) bond motifs is 2. The smallest absolute Gasteiger partial charge is 0.169 e. The highest BCUT2D eigenvalue weighted by Gasteiger charge is 2.56. The van der Waals surface area contributed by atoms with Crippen LogP contribution in [0.5, 0.6) is 0 Å². The number of aromatic nitrogens is 2. The minimum Gasteiger partial charge on any atom is -0.317 e. The van der Waals surface area contributed by atoms with E-state index in [1.54, 1.807) is 0 Å². The fraction of sp³-hybridized carbons (Fsp3) is 0.318. The van der Waals surface area contributed by atoms with E-state index in [1.807, 2.05) is 53.4 Å². The molecule has 2 aromatic carbocycles. The Labute approximate surface area is 181 Å². The number of benzene rings is 2. The predicted octanol–water partition coefficient (Wildman–Crippen LogP) is 3.87. The number of piperidine rings is 1. The molecule has 1 saturated heterocycles. The summed E-state index contributed by atoms with van der Waals surface area (Å²) in [5.41, 5.74) is 3.25. The van der Waals surface area contributed by atoms with E-state index in [0.717, 1.165) is 48.4 Å². The fourth-order valence-electron chi connectivity index (χ4n) is 5.08. The summed E-state index contributed by atoms with van der Waals surface area (Å²) in [5.74, 6) is 0.600. The maximum Gasteiger partial charge on any atom is 0.169 e. The van der Waals surface area contributed by atoms with Gasteiger partial charge in [0.1, 0.15) is 5.37 Å². The maximum atomic E-state index is 13.2. The average Bonchev–Trinajstić information content (AvgIpc) is 3.31. The van der Waals surface area contributed by atoms with Crippen molar-refractivity contribution in [2.45, 2.75) is 23.6 Å². The van der Waals surface area contributed by atoms with Gasteiger partial charge in [-0.15, -0.1) is 0 Å². The summed E-state index contributed by atoms with van der Waals surface area (Å²) in [4.78, 5) is 1.90. The molecule has 5 rings (SSSR count). The van der Waals surface area contributed by atoms with Gasteiger partial charge in [0, 0.05) is 34.0 Å². The minimum absolute atomic E-state index is 0.454. The zero-order valence-electron chi connectivity index (χ0n) is 16.6. The number of H-pyrrole nitrogens is 1. The standard InChI is InChI=1S/C22H23ClN4O2S/c1-30(28,29)21-22(9-11-24-12-10-22)17-7-2-3-8-19(17)27(21)20-14-18(25-26-20)15-5-4-6-16(23)13-15/h2-8,13-14,21,24H,9-12H2,1H3,(H,25,26). The molecule has 156 valence electrons. The first-order valence-corrected chi connectivity index (χ1v) is 12.3. The fourth-order valence-corrected chi connectivity index (χ4v) is 7.06. The van der Waals surface area contributed by atoms with Crippen molar-refractivity contribution in [1.82, 2.24) is 15.5 Å². The molecule has 2 aliphatic heterocycles. The molecular formula is C22H23ClN4O2S. The van der Waals surface area contributed by atoms with Gasteiger partial charge in [-0.3, -0.25) is 5.10 Å². The molecule has 0 amide bonds. The first-order chi connectivity index (χ1) is 14.4. The van der Waals surface area contributed by atoms with Crippen molar-refractivity contribution in [3.05, 3.63) is 65.2 Å². The van der Waals surface area contributed by atoms with Gasteiger partial charge in [-0.1, -0.05) is 41.9 Å². The van der Waals surface area contributed by atoms with Crippen molar-refractivity contribution < 1.29 is 8.42 Å². The molecule has 0 radical (unpaired) electrons. The topological polar surface area (TPSA) is 78.1 Å². The number of aromatic amines is 1. The molecule has 0 saturated carbocycles. The molecule has 6 nitrogen and oxygen atoms in total. The maximum absolute atomic E-state index is 13.2. The van der Waals surface area contributed by atoms with Crippen LogP contribution in [0.25, 0.3) is 11.3 Å². The van der Waals surface area contributed by atoms with Crippen LogP contribution in [0.2, 0.25) is 5.02 Å². The Morgan fingerprint density at radius 2 is 1.87 bits per heavy atom. The van der Waals surface area contributed by atoms with E-state index in [1.165, 1.54) is 6.26 Å². The number of nitrogens with one attached hydrogen (secondary N) is 2. The van der Waals surface area contributed by atoms with Crippen molar-refractivity contribution in [3.8, 4) is 11.3 Å². The molecule has 0 aliphatic carbocycles. The second-order valence-electron chi connectivity index (χ2n) is 8.13. The van der Waals surface area contributed by atoms with Gasteiger partial charge in [0.05, 0.1) is 5.69 Å². The Balaban J connectivity index is 1.67. The molecule has 1 unspecified atom stereocenters. The third-order valence-electron chi connectivity index (χ3n) is 6.26. The summed E-state index contributed by atoms with van der Waals surface area (Å²) in [6.07, 6.45) is 2.87. The number of para-hydroxylation sites is 1. The van der Waals surface area contributed by atoms with E-state index in [2.05, 4.69) is 21.6 Å². The lowest BCUT2D eigenvalue weighted by Gasteiger charge is -2.40. The number of halogens is 1. The Kier molecular flexibility index (Phi) is 4.65. The largest absolute Gasteiger partial charge is 0.317 e. The number of anilines is 2. The summed E-state index contributed by atoms with van der Waals surface area (Å²) >= 11 is 6.15. The van der Waals surface area contributed by atoms with Crippen LogP contribution in [0.15, 0.2) is 54.6 Å². The summed E-state index contributed by atoms with van der Waals surface area (Å²) in [6.45, 7) is 1.59.